The van der Waals surface area contributed by atoms with Gasteiger partial charge < -0.3 is 4.90 Å². The summed E-state index contributed by atoms with van der Waals surface area (Å²) in [5, 5.41) is 0. The number of fused-ring (bicyclic) bond motifs is 1. The van der Waals surface area contributed by atoms with Gasteiger partial charge in [-0.3, -0.25) is 4.79 Å². The van der Waals surface area contributed by atoms with Crippen LogP contribution in [0.1, 0.15) is 16.8 Å². The molecule has 0 saturated heterocycles. The molecular formula is C14H8F4N2O. The first-order chi connectivity index (χ1) is 9.97. The fourth-order valence-corrected chi connectivity index (χ4v) is 2.26. The lowest BCUT2D eigenvalue weighted by molar-refractivity contribution is 0.0980. The van der Waals surface area contributed by atoms with E-state index in [0.29, 0.717) is 6.07 Å². The monoisotopic (exact) mass is 296 g/mol. The van der Waals surface area contributed by atoms with E-state index in [1.54, 1.807) is 0 Å². The van der Waals surface area contributed by atoms with Crippen molar-refractivity contribution >= 4 is 17.3 Å². The minimum Gasteiger partial charge on any atom is -0.323 e. The quantitative estimate of drug-likeness (QED) is 0.597. The largest absolute Gasteiger partial charge is 0.323 e. The number of hydrogen-bond donors (Lipinski definition) is 0. The van der Waals surface area contributed by atoms with E-state index in [4.69, 9.17) is 0 Å². The fraction of sp³-hybridized carbons (Fsp3) is 0.143. The number of aromatic nitrogens is 1. The van der Waals surface area contributed by atoms with Crippen molar-refractivity contribution in [1.82, 2.24) is 4.98 Å². The van der Waals surface area contributed by atoms with Crippen molar-refractivity contribution in [1.29, 1.82) is 0 Å². The van der Waals surface area contributed by atoms with Gasteiger partial charge in [-0.1, -0.05) is 0 Å². The molecule has 21 heavy (non-hydrogen) atoms. The van der Waals surface area contributed by atoms with Crippen LogP contribution in [0, 0.1) is 23.4 Å². The molecule has 1 aromatic heterocycles. The normalized spacial score (nSPS) is 14.3. The maximum atomic E-state index is 13.8. The number of rotatable bonds is 1. The molecule has 0 radical (unpaired) electrons. The van der Waals surface area contributed by atoms with Gasteiger partial charge in [0, 0.05) is 19.0 Å². The molecule has 0 spiro atoms. The first-order valence-corrected chi connectivity index (χ1v) is 6.09. The van der Waals surface area contributed by atoms with Crippen LogP contribution in [0.2, 0.25) is 0 Å². The van der Waals surface area contributed by atoms with Crippen molar-refractivity contribution in [3.63, 3.8) is 0 Å². The van der Waals surface area contributed by atoms with Crippen molar-refractivity contribution < 1.29 is 22.4 Å². The Bertz CT molecular complexity index is 748. The van der Waals surface area contributed by atoms with Crippen molar-refractivity contribution in [2.24, 2.45) is 0 Å². The van der Waals surface area contributed by atoms with Gasteiger partial charge >= 0.3 is 0 Å². The second-order valence-corrected chi connectivity index (χ2v) is 4.55. The Balaban J connectivity index is 2.17. The highest BCUT2D eigenvalue weighted by Crippen LogP contribution is 2.34. The van der Waals surface area contributed by atoms with Crippen molar-refractivity contribution in [3.8, 4) is 0 Å². The Hall–Kier alpha value is -2.44. The van der Waals surface area contributed by atoms with Crippen LogP contribution in [0.15, 0.2) is 24.3 Å². The number of carbonyl (C=O) groups is 1. The van der Waals surface area contributed by atoms with E-state index >= 15 is 0 Å². The third kappa shape index (κ3) is 2.24. The van der Waals surface area contributed by atoms with Crippen LogP contribution < -0.4 is 4.90 Å². The molecule has 0 fully saturated rings. The topological polar surface area (TPSA) is 33.2 Å². The van der Waals surface area contributed by atoms with Crippen molar-refractivity contribution in [3.05, 3.63) is 53.2 Å². The van der Waals surface area contributed by atoms with E-state index < -0.39 is 29.2 Å². The summed E-state index contributed by atoms with van der Waals surface area (Å²) >= 11 is 0. The van der Waals surface area contributed by atoms with Crippen LogP contribution in [0.5, 0.6) is 0 Å². The van der Waals surface area contributed by atoms with Crippen LogP contribution >= 0.6 is 0 Å². The van der Waals surface area contributed by atoms with Crippen LogP contribution in [-0.4, -0.2) is 17.3 Å². The molecule has 0 aliphatic carbocycles. The lowest BCUT2D eigenvalue weighted by Crippen LogP contribution is -2.30. The standard InChI is InChI=1S/C14H8F4N2O/c15-7-1-2-11(9(16)5-7)20-4-3-12(21)8-6-10(17)13(18)19-14(8)20/h1-2,5-6H,3-4H2. The molecule has 2 aromatic rings. The molecule has 0 amide bonds. The molecule has 1 aromatic carbocycles. The number of ketones is 1. The molecule has 7 heteroatoms. The van der Waals surface area contributed by atoms with Gasteiger partial charge in [0.15, 0.2) is 11.6 Å². The summed E-state index contributed by atoms with van der Waals surface area (Å²) in [5.41, 5.74) is -0.174. The van der Waals surface area contributed by atoms with Gasteiger partial charge in [0.1, 0.15) is 17.5 Å². The van der Waals surface area contributed by atoms with Gasteiger partial charge in [-0.2, -0.15) is 9.37 Å². The third-order valence-electron chi connectivity index (χ3n) is 3.23. The summed E-state index contributed by atoms with van der Waals surface area (Å²) in [7, 11) is 0. The van der Waals surface area contributed by atoms with Crippen LogP contribution in [-0.2, 0) is 0 Å². The molecule has 3 nitrogen and oxygen atoms in total. The lowest BCUT2D eigenvalue weighted by atomic mass is 10.0. The Morgan fingerprint density at radius 2 is 1.81 bits per heavy atom. The Morgan fingerprint density at radius 3 is 2.52 bits per heavy atom. The van der Waals surface area contributed by atoms with Crippen LogP contribution in [0.4, 0.5) is 29.1 Å². The number of pyridine rings is 1. The van der Waals surface area contributed by atoms with Crippen molar-refractivity contribution in [2.45, 2.75) is 6.42 Å². The molecule has 0 bridgehead atoms. The van der Waals surface area contributed by atoms with Gasteiger partial charge in [-0.25, -0.2) is 13.2 Å². The maximum Gasteiger partial charge on any atom is 0.250 e. The number of halogens is 4. The van der Waals surface area contributed by atoms with Gasteiger partial charge in [-0.05, 0) is 18.2 Å². The van der Waals surface area contributed by atoms with Gasteiger partial charge in [0.25, 0.3) is 5.95 Å². The highest BCUT2D eigenvalue weighted by atomic mass is 19.2. The summed E-state index contributed by atoms with van der Waals surface area (Å²) in [4.78, 5) is 16.4. The summed E-state index contributed by atoms with van der Waals surface area (Å²) in [6.07, 6.45) is -0.00340. The average molecular weight is 296 g/mol. The van der Waals surface area contributed by atoms with E-state index in [9.17, 15) is 22.4 Å². The van der Waals surface area contributed by atoms with E-state index in [-0.39, 0.29) is 30.0 Å². The molecule has 0 N–H and O–H groups in total. The van der Waals surface area contributed by atoms with Crippen molar-refractivity contribution in [2.75, 3.05) is 11.4 Å². The molecule has 2 heterocycles. The van der Waals surface area contributed by atoms with Crippen LogP contribution in [0.25, 0.3) is 0 Å². The molecule has 1 aliphatic rings. The minimum absolute atomic E-state index is 0.00340. The van der Waals surface area contributed by atoms with E-state index in [1.807, 2.05) is 0 Å². The molecular weight excluding hydrogens is 288 g/mol. The van der Waals surface area contributed by atoms with Gasteiger partial charge in [0.05, 0.1) is 11.3 Å². The molecule has 108 valence electrons. The summed E-state index contributed by atoms with van der Waals surface area (Å²) in [6, 6.07) is 3.61. The molecule has 0 saturated carbocycles. The third-order valence-corrected chi connectivity index (χ3v) is 3.23. The lowest BCUT2D eigenvalue weighted by Gasteiger charge is -2.29. The summed E-state index contributed by atoms with van der Waals surface area (Å²) < 4.78 is 53.3. The smallest absolute Gasteiger partial charge is 0.250 e. The second-order valence-electron chi connectivity index (χ2n) is 4.55. The number of anilines is 2. The van der Waals surface area contributed by atoms with Crippen LogP contribution in [0.3, 0.4) is 0 Å². The number of hydrogen-bond acceptors (Lipinski definition) is 3. The SMILES string of the molecule is O=C1CCN(c2ccc(F)cc2F)c2nc(F)c(F)cc21. The number of benzene rings is 1. The molecule has 0 atom stereocenters. The van der Waals surface area contributed by atoms with E-state index in [1.165, 1.54) is 4.90 Å². The molecule has 1 aliphatic heterocycles. The number of nitrogens with zero attached hydrogens (tertiary/aromatic N) is 2. The van der Waals surface area contributed by atoms with Gasteiger partial charge in [0.2, 0.25) is 0 Å². The number of Topliss-reactive ketones (excluding diaryl/α,β-unsaturated/α-hetero) is 1. The highest BCUT2D eigenvalue weighted by Gasteiger charge is 2.29. The second kappa shape index (κ2) is 4.83. The summed E-state index contributed by atoms with van der Waals surface area (Å²) in [5.74, 6) is -4.84. The molecule has 3 rings (SSSR count). The highest BCUT2D eigenvalue weighted by molar-refractivity contribution is 6.03. The zero-order valence-corrected chi connectivity index (χ0v) is 10.5. The Morgan fingerprint density at radius 1 is 1.05 bits per heavy atom. The van der Waals surface area contributed by atoms with E-state index in [0.717, 1.165) is 18.2 Å². The minimum atomic E-state index is -1.38. The maximum absolute atomic E-state index is 13.8. The Kier molecular flexibility index (Phi) is 3.12. The average Bonchev–Trinajstić information content (AvgIpc) is 2.43. The first-order valence-electron chi connectivity index (χ1n) is 6.09. The Labute approximate surface area is 116 Å². The summed E-state index contributed by atoms with van der Waals surface area (Å²) in [6.45, 7) is 0.0481. The van der Waals surface area contributed by atoms with E-state index in [2.05, 4.69) is 4.98 Å². The number of carbonyl (C=O) groups excluding carboxylic acids is 1. The predicted octanol–water partition coefficient (Wildman–Crippen LogP) is 3.36. The molecule has 0 unspecified atom stereocenters. The zero-order chi connectivity index (χ0) is 15.1. The fourth-order valence-electron chi connectivity index (χ4n) is 2.26. The zero-order valence-electron chi connectivity index (χ0n) is 10.5. The predicted molar refractivity (Wildman–Crippen MR) is 66.5 cm³/mol. The van der Waals surface area contributed by atoms with Gasteiger partial charge in [-0.15, -0.1) is 0 Å². The first kappa shape index (κ1) is 13.5.